The van der Waals surface area contributed by atoms with Crippen LogP contribution in [0, 0.1) is 11.6 Å². The fourth-order valence-electron chi connectivity index (χ4n) is 2.88. The predicted octanol–water partition coefficient (Wildman–Crippen LogP) is 2.94. The molecule has 1 aromatic rings. The SMILES string of the molecule is O=C(Cc1cc(F)ccc1F)NCCNC1CCCCCC1. The zero-order chi connectivity index (χ0) is 15.8. The van der Waals surface area contributed by atoms with Crippen LogP contribution in [0.1, 0.15) is 44.1 Å². The standard InChI is InChI=1S/C17H24F2N2O/c18-14-7-8-16(19)13(11-14)12-17(22)21-10-9-20-15-5-3-1-2-4-6-15/h7-8,11,15,20H,1-6,9-10,12H2,(H,21,22). The number of hydrogen-bond donors (Lipinski definition) is 2. The smallest absolute Gasteiger partial charge is 0.224 e. The number of nitrogens with one attached hydrogen (secondary N) is 2. The van der Waals surface area contributed by atoms with Crippen LogP contribution in [0.2, 0.25) is 0 Å². The fourth-order valence-corrected chi connectivity index (χ4v) is 2.88. The van der Waals surface area contributed by atoms with Crippen LogP contribution < -0.4 is 10.6 Å². The first-order chi connectivity index (χ1) is 10.6. The van der Waals surface area contributed by atoms with Gasteiger partial charge in [0.1, 0.15) is 11.6 Å². The van der Waals surface area contributed by atoms with Crippen LogP contribution in [0.3, 0.4) is 0 Å². The van der Waals surface area contributed by atoms with Crippen molar-refractivity contribution in [2.45, 2.75) is 51.0 Å². The summed E-state index contributed by atoms with van der Waals surface area (Å²) in [7, 11) is 0. The molecule has 1 aliphatic rings. The minimum atomic E-state index is -0.548. The Morgan fingerprint density at radius 3 is 2.55 bits per heavy atom. The summed E-state index contributed by atoms with van der Waals surface area (Å²) in [6, 6.07) is 3.71. The van der Waals surface area contributed by atoms with E-state index in [1.54, 1.807) is 0 Å². The highest BCUT2D eigenvalue weighted by Gasteiger charge is 2.12. The lowest BCUT2D eigenvalue weighted by atomic mass is 10.1. The molecule has 1 fully saturated rings. The minimum Gasteiger partial charge on any atom is -0.355 e. The molecule has 0 heterocycles. The van der Waals surface area contributed by atoms with Crippen molar-refractivity contribution in [3.05, 3.63) is 35.4 Å². The van der Waals surface area contributed by atoms with Gasteiger partial charge in [-0.3, -0.25) is 4.79 Å². The van der Waals surface area contributed by atoms with Gasteiger partial charge in [-0.25, -0.2) is 8.78 Å². The van der Waals surface area contributed by atoms with E-state index in [0.717, 1.165) is 18.2 Å². The molecule has 1 aromatic carbocycles. The van der Waals surface area contributed by atoms with E-state index in [4.69, 9.17) is 0 Å². The Morgan fingerprint density at radius 1 is 1.09 bits per heavy atom. The molecule has 22 heavy (non-hydrogen) atoms. The zero-order valence-corrected chi connectivity index (χ0v) is 12.8. The molecule has 1 aliphatic carbocycles. The molecule has 0 unspecified atom stereocenters. The molecule has 2 N–H and O–H groups in total. The number of hydrogen-bond acceptors (Lipinski definition) is 2. The lowest BCUT2D eigenvalue weighted by molar-refractivity contribution is -0.120. The summed E-state index contributed by atoms with van der Waals surface area (Å²) in [6.45, 7) is 1.22. The minimum absolute atomic E-state index is 0.0919. The van der Waals surface area contributed by atoms with Gasteiger partial charge in [0.15, 0.2) is 0 Å². The maximum atomic E-state index is 13.4. The summed E-state index contributed by atoms with van der Waals surface area (Å²) in [5.41, 5.74) is 0.0919. The molecule has 122 valence electrons. The Balaban J connectivity index is 1.66. The van der Waals surface area contributed by atoms with E-state index in [-0.39, 0.29) is 17.9 Å². The second kappa shape index (κ2) is 8.83. The molecular weight excluding hydrogens is 286 g/mol. The van der Waals surface area contributed by atoms with Crippen LogP contribution in [-0.4, -0.2) is 25.0 Å². The Kier molecular flexibility index (Phi) is 6.77. The molecule has 0 saturated heterocycles. The van der Waals surface area contributed by atoms with Crippen LogP contribution in [0.5, 0.6) is 0 Å². The molecule has 5 heteroatoms. The van der Waals surface area contributed by atoms with Crippen LogP contribution in [0.4, 0.5) is 8.78 Å². The first-order valence-corrected chi connectivity index (χ1v) is 8.09. The maximum absolute atomic E-state index is 13.4. The van der Waals surface area contributed by atoms with Gasteiger partial charge in [0.25, 0.3) is 0 Å². The highest BCUT2D eigenvalue weighted by Crippen LogP contribution is 2.16. The van der Waals surface area contributed by atoms with Gasteiger partial charge in [-0.15, -0.1) is 0 Å². The summed E-state index contributed by atoms with van der Waals surface area (Å²) in [4.78, 5) is 11.8. The van der Waals surface area contributed by atoms with Crippen molar-refractivity contribution in [1.29, 1.82) is 0 Å². The van der Waals surface area contributed by atoms with Gasteiger partial charge in [-0.05, 0) is 31.0 Å². The van der Waals surface area contributed by atoms with Gasteiger partial charge < -0.3 is 10.6 Å². The van der Waals surface area contributed by atoms with Gasteiger partial charge in [-0.2, -0.15) is 0 Å². The fraction of sp³-hybridized carbons (Fsp3) is 0.588. The van der Waals surface area contributed by atoms with Gasteiger partial charge in [0.2, 0.25) is 5.91 Å². The van der Waals surface area contributed by atoms with E-state index in [1.165, 1.54) is 38.5 Å². The Bertz CT molecular complexity index is 486. The molecule has 0 aromatic heterocycles. The quantitative estimate of drug-likeness (QED) is 0.626. The van der Waals surface area contributed by atoms with Crippen LogP contribution in [-0.2, 0) is 11.2 Å². The number of benzene rings is 1. The van der Waals surface area contributed by atoms with Crippen molar-refractivity contribution in [1.82, 2.24) is 10.6 Å². The number of halogens is 2. The molecule has 2 rings (SSSR count). The molecule has 1 amide bonds. The van der Waals surface area contributed by atoms with Crippen LogP contribution in [0.25, 0.3) is 0 Å². The lowest BCUT2D eigenvalue weighted by Crippen LogP contribution is -2.37. The van der Waals surface area contributed by atoms with Crippen molar-refractivity contribution >= 4 is 5.91 Å². The Hall–Kier alpha value is -1.49. The monoisotopic (exact) mass is 310 g/mol. The van der Waals surface area contributed by atoms with Crippen molar-refractivity contribution in [2.75, 3.05) is 13.1 Å². The van der Waals surface area contributed by atoms with E-state index >= 15 is 0 Å². The zero-order valence-electron chi connectivity index (χ0n) is 12.8. The third-order valence-corrected chi connectivity index (χ3v) is 4.09. The summed E-state index contributed by atoms with van der Waals surface area (Å²) in [6.07, 6.45) is 7.42. The topological polar surface area (TPSA) is 41.1 Å². The molecule has 0 atom stereocenters. The van der Waals surface area contributed by atoms with E-state index in [0.29, 0.717) is 19.1 Å². The van der Waals surface area contributed by atoms with Crippen molar-refractivity contribution < 1.29 is 13.6 Å². The molecule has 3 nitrogen and oxygen atoms in total. The number of amides is 1. The molecule has 1 saturated carbocycles. The van der Waals surface area contributed by atoms with Crippen molar-refractivity contribution in [3.8, 4) is 0 Å². The number of carbonyl (C=O) groups is 1. The largest absolute Gasteiger partial charge is 0.355 e. The number of carbonyl (C=O) groups excluding carboxylic acids is 1. The summed E-state index contributed by atoms with van der Waals surface area (Å²) in [5, 5.41) is 6.19. The van der Waals surface area contributed by atoms with Gasteiger partial charge in [-0.1, -0.05) is 25.7 Å². The molecule has 0 aliphatic heterocycles. The normalized spacial score (nSPS) is 16.3. The first-order valence-electron chi connectivity index (χ1n) is 8.09. The van der Waals surface area contributed by atoms with Gasteiger partial charge in [0, 0.05) is 24.7 Å². The number of rotatable bonds is 6. The average molecular weight is 310 g/mol. The van der Waals surface area contributed by atoms with E-state index < -0.39 is 11.6 Å². The third-order valence-electron chi connectivity index (χ3n) is 4.09. The molecular formula is C17H24F2N2O. The summed E-state index contributed by atoms with van der Waals surface area (Å²) >= 11 is 0. The molecule has 0 spiro atoms. The van der Waals surface area contributed by atoms with E-state index in [9.17, 15) is 13.6 Å². The highest BCUT2D eigenvalue weighted by atomic mass is 19.1. The van der Waals surface area contributed by atoms with Crippen LogP contribution in [0.15, 0.2) is 18.2 Å². The third kappa shape index (κ3) is 5.72. The second-order valence-electron chi connectivity index (χ2n) is 5.91. The van der Waals surface area contributed by atoms with E-state index in [1.807, 2.05) is 0 Å². The summed E-state index contributed by atoms with van der Waals surface area (Å²) < 4.78 is 26.5. The van der Waals surface area contributed by atoms with Gasteiger partial charge >= 0.3 is 0 Å². The molecule has 0 bridgehead atoms. The Morgan fingerprint density at radius 2 is 1.82 bits per heavy atom. The van der Waals surface area contributed by atoms with Gasteiger partial charge in [0.05, 0.1) is 6.42 Å². The maximum Gasteiger partial charge on any atom is 0.224 e. The average Bonchev–Trinajstić information content (AvgIpc) is 2.76. The highest BCUT2D eigenvalue weighted by molar-refractivity contribution is 5.78. The van der Waals surface area contributed by atoms with Crippen LogP contribution >= 0.6 is 0 Å². The second-order valence-corrected chi connectivity index (χ2v) is 5.91. The van der Waals surface area contributed by atoms with Crippen molar-refractivity contribution in [3.63, 3.8) is 0 Å². The lowest BCUT2D eigenvalue weighted by Gasteiger charge is -2.16. The first kappa shape index (κ1) is 16.9. The summed E-state index contributed by atoms with van der Waals surface area (Å²) in [5.74, 6) is -1.36. The van der Waals surface area contributed by atoms with Crippen molar-refractivity contribution in [2.24, 2.45) is 0 Å². The predicted molar refractivity (Wildman–Crippen MR) is 82.6 cm³/mol. The Labute approximate surface area is 130 Å². The van der Waals surface area contributed by atoms with E-state index in [2.05, 4.69) is 10.6 Å². The molecule has 0 radical (unpaired) electrons.